The number of non-ortho nitro benzene ring substituents is 1. The van der Waals surface area contributed by atoms with E-state index in [-0.39, 0.29) is 11.6 Å². The fourth-order valence-electron chi connectivity index (χ4n) is 3.01. The lowest BCUT2D eigenvalue weighted by Crippen LogP contribution is -2.19. The minimum Gasteiger partial charge on any atom is -0.380 e. The summed E-state index contributed by atoms with van der Waals surface area (Å²) in [5.74, 6) is -0.356. The maximum Gasteiger partial charge on any atom is 0.289 e. The van der Waals surface area contributed by atoms with Gasteiger partial charge in [0.2, 0.25) is 0 Å². The monoisotopic (exact) mass is 427 g/mol. The minimum atomic E-state index is -0.443. The molecule has 2 aromatic carbocycles. The Hall–Kier alpha value is -2.88. The van der Waals surface area contributed by atoms with Crippen molar-refractivity contribution in [2.45, 2.75) is 13.5 Å². The van der Waals surface area contributed by atoms with Crippen molar-refractivity contribution in [3.05, 3.63) is 68.3 Å². The molecule has 0 spiro atoms. The number of aromatic nitrogens is 1. The van der Waals surface area contributed by atoms with E-state index in [0.717, 1.165) is 14.9 Å². The average molecular weight is 428 g/mol. The van der Waals surface area contributed by atoms with Gasteiger partial charge in [0.05, 0.1) is 26.6 Å². The third kappa shape index (κ3) is 3.98. The van der Waals surface area contributed by atoms with E-state index < -0.39 is 4.92 Å². The Bertz CT molecular complexity index is 1290. The van der Waals surface area contributed by atoms with Gasteiger partial charge in [0.1, 0.15) is 0 Å². The standard InChI is InChI=1S/C20H17N3O4S2/c1-2-27-10-9-22-15-5-3-4-6-17(15)29-20(22)21-19(24)18-12-13-11-14(23(25)26)7-8-16(13)28-18/h3-8,11-12H,2,9-10H2,1H3. The van der Waals surface area contributed by atoms with Crippen LogP contribution in [0.15, 0.2) is 53.5 Å². The molecule has 2 aromatic heterocycles. The van der Waals surface area contributed by atoms with Crippen LogP contribution in [0.1, 0.15) is 16.6 Å². The molecule has 7 nitrogen and oxygen atoms in total. The number of nitro groups is 1. The van der Waals surface area contributed by atoms with Gasteiger partial charge in [-0.3, -0.25) is 14.9 Å². The lowest BCUT2D eigenvalue weighted by molar-refractivity contribution is -0.384. The Morgan fingerprint density at radius 1 is 1.17 bits per heavy atom. The molecule has 2 heterocycles. The predicted molar refractivity (Wildman–Crippen MR) is 115 cm³/mol. The summed E-state index contributed by atoms with van der Waals surface area (Å²) in [4.78, 5) is 28.8. The number of fused-ring (bicyclic) bond motifs is 2. The Morgan fingerprint density at radius 3 is 2.79 bits per heavy atom. The van der Waals surface area contributed by atoms with Gasteiger partial charge in [-0.15, -0.1) is 11.3 Å². The zero-order valence-electron chi connectivity index (χ0n) is 15.5. The SMILES string of the molecule is CCOCCn1c(=NC(=O)c2cc3cc([N+](=O)[O-])ccc3s2)sc2ccccc21. The normalized spacial score (nSPS) is 12.1. The highest BCUT2D eigenvalue weighted by Crippen LogP contribution is 2.29. The van der Waals surface area contributed by atoms with Gasteiger partial charge in [-0.25, -0.2) is 0 Å². The van der Waals surface area contributed by atoms with Gasteiger partial charge in [-0.1, -0.05) is 23.5 Å². The van der Waals surface area contributed by atoms with Crippen LogP contribution in [0.3, 0.4) is 0 Å². The van der Waals surface area contributed by atoms with Gasteiger partial charge in [-0.2, -0.15) is 4.99 Å². The topological polar surface area (TPSA) is 86.7 Å². The van der Waals surface area contributed by atoms with Crippen molar-refractivity contribution < 1.29 is 14.5 Å². The van der Waals surface area contributed by atoms with E-state index >= 15 is 0 Å². The summed E-state index contributed by atoms with van der Waals surface area (Å²) in [6.07, 6.45) is 0. The van der Waals surface area contributed by atoms with Crippen molar-refractivity contribution in [2.75, 3.05) is 13.2 Å². The second-order valence-electron chi connectivity index (χ2n) is 6.21. The Morgan fingerprint density at radius 2 is 2.00 bits per heavy atom. The number of thiophene rings is 1. The summed E-state index contributed by atoms with van der Waals surface area (Å²) in [6.45, 7) is 3.70. The number of carbonyl (C=O) groups is 1. The van der Waals surface area contributed by atoms with E-state index in [2.05, 4.69) is 4.99 Å². The van der Waals surface area contributed by atoms with Crippen LogP contribution in [0.2, 0.25) is 0 Å². The zero-order chi connectivity index (χ0) is 20.4. The van der Waals surface area contributed by atoms with Crippen LogP contribution in [-0.4, -0.2) is 28.6 Å². The maximum atomic E-state index is 12.8. The molecule has 0 aliphatic rings. The molecule has 0 fully saturated rings. The molecule has 0 aliphatic carbocycles. The molecule has 0 saturated carbocycles. The van der Waals surface area contributed by atoms with Crippen LogP contribution in [-0.2, 0) is 11.3 Å². The van der Waals surface area contributed by atoms with E-state index in [4.69, 9.17) is 4.74 Å². The van der Waals surface area contributed by atoms with Gasteiger partial charge in [-0.05, 0) is 31.2 Å². The van der Waals surface area contributed by atoms with Crippen molar-refractivity contribution in [1.82, 2.24) is 4.57 Å². The zero-order valence-corrected chi connectivity index (χ0v) is 17.2. The molecule has 9 heteroatoms. The van der Waals surface area contributed by atoms with Crippen molar-refractivity contribution in [3.63, 3.8) is 0 Å². The summed E-state index contributed by atoms with van der Waals surface area (Å²) in [7, 11) is 0. The van der Waals surface area contributed by atoms with Crippen molar-refractivity contribution in [1.29, 1.82) is 0 Å². The summed E-state index contributed by atoms with van der Waals surface area (Å²) < 4.78 is 9.33. The van der Waals surface area contributed by atoms with Crippen LogP contribution in [0.4, 0.5) is 5.69 Å². The average Bonchev–Trinajstić information content (AvgIpc) is 3.29. The summed E-state index contributed by atoms with van der Waals surface area (Å²) in [5, 5.41) is 11.6. The number of para-hydroxylation sites is 1. The largest absolute Gasteiger partial charge is 0.380 e. The number of thiazole rings is 1. The van der Waals surface area contributed by atoms with Crippen molar-refractivity contribution in [3.8, 4) is 0 Å². The second kappa shape index (κ2) is 8.24. The first-order valence-electron chi connectivity index (χ1n) is 9.00. The number of nitro benzene ring substituents is 1. The number of hydrogen-bond acceptors (Lipinski definition) is 6. The first kappa shape index (κ1) is 19.4. The molecule has 1 amide bonds. The molecule has 0 atom stereocenters. The highest BCUT2D eigenvalue weighted by atomic mass is 32.1. The van der Waals surface area contributed by atoms with Crippen LogP contribution >= 0.6 is 22.7 Å². The predicted octanol–water partition coefficient (Wildman–Crippen LogP) is 4.60. The fraction of sp³-hybridized carbons (Fsp3) is 0.200. The molecular formula is C20H17N3O4S2. The van der Waals surface area contributed by atoms with Crippen LogP contribution in [0.5, 0.6) is 0 Å². The van der Waals surface area contributed by atoms with E-state index in [0.29, 0.717) is 34.8 Å². The molecule has 0 N–H and O–H groups in total. The van der Waals surface area contributed by atoms with Gasteiger partial charge in [0.15, 0.2) is 4.80 Å². The van der Waals surface area contributed by atoms with Crippen molar-refractivity contribution >= 4 is 54.6 Å². The molecule has 0 radical (unpaired) electrons. The van der Waals surface area contributed by atoms with E-state index in [1.54, 1.807) is 12.1 Å². The molecular weight excluding hydrogens is 410 g/mol. The highest BCUT2D eigenvalue weighted by Gasteiger charge is 2.14. The number of benzene rings is 2. The van der Waals surface area contributed by atoms with Gasteiger partial charge >= 0.3 is 0 Å². The number of amides is 1. The van der Waals surface area contributed by atoms with Gasteiger partial charge in [0.25, 0.3) is 11.6 Å². The van der Waals surface area contributed by atoms with Gasteiger partial charge < -0.3 is 9.30 Å². The third-order valence-electron chi connectivity index (χ3n) is 4.37. The lowest BCUT2D eigenvalue weighted by Gasteiger charge is -2.05. The van der Waals surface area contributed by atoms with Crippen LogP contribution in [0, 0.1) is 10.1 Å². The summed E-state index contributed by atoms with van der Waals surface area (Å²) in [5.41, 5.74) is 1.01. The molecule has 0 aliphatic heterocycles. The second-order valence-corrected chi connectivity index (χ2v) is 8.30. The van der Waals surface area contributed by atoms with E-state index in [1.165, 1.54) is 34.8 Å². The molecule has 0 unspecified atom stereocenters. The number of hydrogen-bond donors (Lipinski definition) is 0. The first-order valence-corrected chi connectivity index (χ1v) is 10.6. The first-order chi connectivity index (χ1) is 14.1. The quantitative estimate of drug-likeness (QED) is 0.256. The van der Waals surface area contributed by atoms with E-state index in [9.17, 15) is 14.9 Å². The molecule has 4 rings (SSSR count). The molecule has 0 saturated heterocycles. The molecule has 4 aromatic rings. The Balaban J connectivity index is 1.74. The Labute approximate surface area is 173 Å². The number of rotatable bonds is 6. The van der Waals surface area contributed by atoms with Crippen molar-refractivity contribution in [2.24, 2.45) is 4.99 Å². The lowest BCUT2D eigenvalue weighted by atomic mass is 10.2. The fourth-order valence-corrected chi connectivity index (χ4v) is 5.00. The van der Waals surface area contributed by atoms with E-state index in [1.807, 2.05) is 35.8 Å². The Kier molecular flexibility index (Phi) is 5.52. The smallest absolute Gasteiger partial charge is 0.289 e. The molecule has 0 bridgehead atoms. The third-order valence-corrected chi connectivity index (χ3v) is 6.53. The van der Waals surface area contributed by atoms with Gasteiger partial charge in [0, 0.05) is 35.4 Å². The maximum absolute atomic E-state index is 12.8. The highest BCUT2D eigenvalue weighted by molar-refractivity contribution is 7.21. The summed E-state index contributed by atoms with van der Waals surface area (Å²) in [6, 6.07) is 14.2. The number of ether oxygens (including phenoxy) is 1. The van der Waals surface area contributed by atoms with Crippen LogP contribution < -0.4 is 4.80 Å². The number of carbonyl (C=O) groups excluding carboxylic acids is 1. The summed E-state index contributed by atoms with van der Waals surface area (Å²) >= 11 is 2.74. The molecule has 148 valence electrons. The minimum absolute atomic E-state index is 0.00418. The van der Waals surface area contributed by atoms with Crippen LogP contribution in [0.25, 0.3) is 20.3 Å². The number of nitrogens with zero attached hydrogens (tertiary/aromatic N) is 3. The molecule has 29 heavy (non-hydrogen) atoms.